The highest BCUT2D eigenvalue weighted by atomic mass is 16.2. The number of fused-ring (bicyclic) bond motifs is 1. The lowest BCUT2D eigenvalue weighted by Gasteiger charge is -2.30. The van der Waals surface area contributed by atoms with Gasteiger partial charge in [0.15, 0.2) is 0 Å². The highest BCUT2D eigenvalue weighted by Gasteiger charge is 2.26. The molecule has 8 nitrogen and oxygen atoms in total. The molecule has 1 N–H and O–H groups in total. The number of likely N-dealkylation sites (tertiary alicyclic amines) is 1. The van der Waals surface area contributed by atoms with Crippen molar-refractivity contribution in [1.29, 1.82) is 0 Å². The number of pyridine rings is 2. The molecule has 28 heavy (non-hydrogen) atoms. The third-order valence-corrected chi connectivity index (χ3v) is 5.17. The number of hydrogen-bond donors (Lipinski definition) is 1. The molecule has 0 bridgehead atoms. The molecule has 0 radical (unpaired) electrons. The third-order valence-electron chi connectivity index (χ3n) is 5.17. The van der Waals surface area contributed by atoms with Crippen LogP contribution in [0.3, 0.4) is 0 Å². The molecular weight excluding hydrogens is 356 g/mol. The first-order valence-corrected chi connectivity index (χ1v) is 9.31. The molecule has 2 amide bonds. The van der Waals surface area contributed by atoms with Crippen molar-refractivity contribution in [2.45, 2.75) is 19.8 Å². The van der Waals surface area contributed by atoms with Crippen molar-refractivity contribution in [3.8, 4) is 11.1 Å². The number of carbonyl (C=O) groups excluding carboxylic acids is 2. The Morgan fingerprint density at radius 3 is 2.54 bits per heavy atom. The van der Waals surface area contributed by atoms with Crippen molar-refractivity contribution < 1.29 is 9.59 Å². The van der Waals surface area contributed by atoms with Gasteiger partial charge in [0.2, 0.25) is 11.8 Å². The molecule has 0 saturated carbocycles. The fourth-order valence-corrected chi connectivity index (χ4v) is 3.51. The number of anilines is 1. The Bertz CT molecular complexity index is 1040. The molecule has 1 aliphatic heterocycles. The van der Waals surface area contributed by atoms with Gasteiger partial charge in [-0.25, -0.2) is 4.98 Å². The summed E-state index contributed by atoms with van der Waals surface area (Å²) in [6.07, 6.45) is 8.52. The first-order chi connectivity index (χ1) is 13.5. The van der Waals surface area contributed by atoms with Crippen LogP contribution < -0.4 is 5.32 Å². The Kier molecular flexibility index (Phi) is 4.77. The summed E-state index contributed by atoms with van der Waals surface area (Å²) in [5, 5.41) is 8.01. The molecule has 1 saturated heterocycles. The molecule has 0 spiro atoms. The second kappa shape index (κ2) is 7.38. The average molecular weight is 378 g/mol. The summed E-state index contributed by atoms with van der Waals surface area (Å²) in [7, 11) is 1.87. The summed E-state index contributed by atoms with van der Waals surface area (Å²) >= 11 is 0. The van der Waals surface area contributed by atoms with Crippen LogP contribution in [0.4, 0.5) is 5.82 Å². The van der Waals surface area contributed by atoms with E-state index in [9.17, 15) is 9.59 Å². The van der Waals surface area contributed by atoms with Crippen molar-refractivity contribution in [1.82, 2.24) is 24.6 Å². The van der Waals surface area contributed by atoms with Crippen LogP contribution in [0.5, 0.6) is 0 Å². The van der Waals surface area contributed by atoms with E-state index in [4.69, 9.17) is 0 Å². The van der Waals surface area contributed by atoms with Crippen LogP contribution in [0.2, 0.25) is 0 Å². The van der Waals surface area contributed by atoms with Gasteiger partial charge in [0, 0.05) is 61.9 Å². The second-order valence-corrected chi connectivity index (χ2v) is 7.16. The zero-order valence-electron chi connectivity index (χ0n) is 15.9. The fourth-order valence-electron chi connectivity index (χ4n) is 3.51. The van der Waals surface area contributed by atoms with Crippen molar-refractivity contribution in [2.75, 3.05) is 18.4 Å². The van der Waals surface area contributed by atoms with E-state index in [1.807, 2.05) is 25.4 Å². The van der Waals surface area contributed by atoms with Crippen molar-refractivity contribution in [3.05, 3.63) is 36.9 Å². The first-order valence-electron chi connectivity index (χ1n) is 9.31. The van der Waals surface area contributed by atoms with Crippen LogP contribution in [0.15, 0.2) is 36.9 Å². The molecule has 4 heterocycles. The van der Waals surface area contributed by atoms with Gasteiger partial charge in [0.05, 0.1) is 17.9 Å². The predicted molar refractivity (Wildman–Crippen MR) is 105 cm³/mol. The lowest BCUT2D eigenvalue weighted by Crippen LogP contribution is -2.40. The summed E-state index contributed by atoms with van der Waals surface area (Å²) in [4.78, 5) is 34.6. The SMILES string of the molecule is CC(=O)N1CCC(C(=O)Nc2cc3cc(-c4cnn(C)c4)cnc3cn2)CC1. The summed E-state index contributed by atoms with van der Waals surface area (Å²) in [5.74, 6) is 0.419. The molecule has 3 aromatic heterocycles. The van der Waals surface area contributed by atoms with Crippen molar-refractivity contribution in [3.63, 3.8) is 0 Å². The number of piperidine rings is 1. The maximum atomic E-state index is 12.6. The van der Waals surface area contributed by atoms with E-state index in [0.29, 0.717) is 31.7 Å². The third kappa shape index (κ3) is 3.71. The van der Waals surface area contributed by atoms with Crippen LogP contribution in [0, 0.1) is 5.92 Å². The fraction of sp³-hybridized carbons (Fsp3) is 0.350. The molecule has 0 unspecified atom stereocenters. The second-order valence-electron chi connectivity index (χ2n) is 7.16. The van der Waals surface area contributed by atoms with Gasteiger partial charge in [-0.1, -0.05) is 0 Å². The Labute approximate surface area is 162 Å². The number of carbonyl (C=O) groups is 2. The van der Waals surface area contributed by atoms with Crippen LogP contribution in [-0.2, 0) is 16.6 Å². The van der Waals surface area contributed by atoms with Crippen molar-refractivity contribution >= 4 is 28.5 Å². The highest BCUT2D eigenvalue weighted by Crippen LogP contribution is 2.24. The maximum absolute atomic E-state index is 12.6. The van der Waals surface area contributed by atoms with E-state index < -0.39 is 0 Å². The van der Waals surface area contributed by atoms with E-state index >= 15 is 0 Å². The number of nitrogens with zero attached hydrogens (tertiary/aromatic N) is 5. The smallest absolute Gasteiger partial charge is 0.228 e. The summed E-state index contributed by atoms with van der Waals surface area (Å²) in [5.41, 5.74) is 2.71. The minimum Gasteiger partial charge on any atom is -0.343 e. The number of aromatic nitrogens is 4. The van der Waals surface area contributed by atoms with Gasteiger partial charge in [0.25, 0.3) is 0 Å². The average Bonchev–Trinajstić information content (AvgIpc) is 3.14. The number of rotatable bonds is 3. The Balaban J connectivity index is 1.49. The van der Waals surface area contributed by atoms with E-state index in [1.54, 1.807) is 35.1 Å². The topological polar surface area (TPSA) is 93.0 Å². The predicted octanol–water partition coefficient (Wildman–Crippen LogP) is 2.23. The van der Waals surface area contributed by atoms with Crippen LogP contribution >= 0.6 is 0 Å². The molecule has 144 valence electrons. The van der Waals surface area contributed by atoms with Gasteiger partial charge in [-0.3, -0.25) is 19.3 Å². The molecule has 3 aromatic rings. The number of amides is 2. The van der Waals surface area contributed by atoms with Gasteiger partial charge in [0.1, 0.15) is 5.82 Å². The van der Waals surface area contributed by atoms with Gasteiger partial charge >= 0.3 is 0 Å². The summed E-state index contributed by atoms with van der Waals surface area (Å²) < 4.78 is 1.75. The van der Waals surface area contributed by atoms with Crippen LogP contribution in [0.25, 0.3) is 22.0 Å². The number of aryl methyl sites for hydroxylation is 1. The molecule has 1 fully saturated rings. The Hall–Kier alpha value is -3.29. The van der Waals surface area contributed by atoms with Gasteiger partial charge in [-0.05, 0) is 25.0 Å². The van der Waals surface area contributed by atoms with Crippen LogP contribution in [0.1, 0.15) is 19.8 Å². The number of hydrogen-bond acceptors (Lipinski definition) is 5. The molecule has 0 atom stereocenters. The zero-order valence-corrected chi connectivity index (χ0v) is 15.9. The lowest BCUT2D eigenvalue weighted by molar-refractivity contribution is -0.132. The number of nitrogens with one attached hydrogen (secondary N) is 1. The lowest BCUT2D eigenvalue weighted by atomic mass is 9.96. The minimum atomic E-state index is -0.104. The Morgan fingerprint density at radius 1 is 1.07 bits per heavy atom. The first kappa shape index (κ1) is 18.1. The summed E-state index contributed by atoms with van der Waals surface area (Å²) in [6.45, 7) is 2.81. The molecule has 4 rings (SSSR count). The van der Waals surface area contributed by atoms with E-state index in [-0.39, 0.29) is 17.7 Å². The standard InChI is InChI=1S/C20H22N6O2/c1-13(27)26-5-3-14(4-6-26)20(28)24-19-8-15-7-16(9-21-18(15)11-22-19)17-10-23-25(2)12-17/h7-12,14H,3-6H2,1-2H3,(H,22,24,28). The molecule has 1 aliphatic rings. The van der Waals surface area contributed by atoms with Gasteiger partial charge in [-0.15, -0.1) is 0 Å². The van der Waals surface area contributed by atoms with E-state index in [1.165, 1.54) is 0 Å². The molecule has 0 aliphatic carbocycles. The maximum Gasteiger partial charge on any atom is 0.228 e. The largest absolute Gasteiger partial charge is 0.343 e. The molecular formula is C20H22N6O2. The van der Waals surface area contributed by atoms with E-state index in [0.717, 1.165) is 22.0 Å². The van der Waals surface area contributed by atoms with Crippen molar-refractivity contribution in [2.24, 2.45) is 13.0 Å². The molecule has 0 aromatic carbocycles. The van der Waals surface area contributed by atoms with E-state index in [2.05, 4.69) is 20.4 Å². The van der Waals surface area contributed by atoms with Gasteiger partial charge < -0.3 is 10.2 Å². The Morgan fingerprint density at radius 2 is 1.86 bits per heavy atom. The summed E-state index contributed by atoms with van der Waals surface area (Å²) in [6, 6.07) is 3.85. The zero-order chi connectivity index (χ0) is 19.7. The minimum absolute atomic E-state index is 0.0496. The quantitative estimate of drug-likeness (QED) is 0.754. The monoisotopic (exact) mass is 378 g/mol. The normalized spacial score (nSPS) is 15.0. The van der Waals surface area contributed by atoms with Gasteiger partial charge in [-0.2, -0.15) is 5.10 Å². The highest BCUT2D eigenvalue weighted by molar-refractivity contribution is 5.94. The van der Waals surface area contributed by atoms with Crippen LogP contribution in [-0.4, -0.2) is 49.6 Å². The molecule has 8 heteroatoms.